The molecule has 53 heavy (non-hydrogen) atoms. The molecule has 15 nitrogen and oxygen atoms in total. The van der Waals surface area contributed by atoms with Crippen molar-refractivity contribution in [2.24, 2.45) is 45.3 Å². The molecular formula is C38H54O15. The standard InChI is InChI=1S/C38H54O15/c1-17(2)11-19(42)12-20(32(48)49)28-23(43)14-38(16-40)21-7-8-25-35(4,22(21)13-26(44)37(28,38)6)10-9-27(51-18(3)41)36(25,5)34(50)53-33-31(47)30(46)29(45)24(15-39)52-33/h7,11,16,20,22-31,33,39,43-47H,8-10,12-15H2,1-6H3,(H,48,49)/t20-,22-,23-,24-,25+,26-,27+,28+,29-,30+,31-,33+,35+,36-,37-,38-/m0/s1. The first-order valence-corrected chi connectivity index (χ1v) is 18.3. The first-order chi connectivity index (χ1) is 24.6. The molecule has 0 aromatic rings. The molecule has 0 spiro atoms. The highest BCUT2D eigenvalue weighted by molar-refractivity contribution is 5.93. The summed E-state index contributed by atoms with van der Waals surface area (Å²) in [5.41, 5.74) is -4.25. The zero-order chi connectivity index (χ0) is 39.6. The molecule has 296 valence electrons. The maximum atomic E-state index is 14.4. The van der Waals surface area contributed by atoms with Crippen molar-refractivity contribution in [3.63, 3.8) is 0 Å². The molecule has 0 aromatic heterocycles. The lowest BCUT2D eigenvalue weighted by molar-refractivity contribution is -0.299. The Morgan fingerprint density at radius 3 is 2.23 bits per heavy atom. The van der Waals surface area contributed by atoms with Crippen LogP contribution in [0.5, 0.6) is 0 Å². The van der Waals surface area contributed by atoms with Gasteiger partial charge < -0.3 is 54.8 Å². The van der Waals surface area contributed by atoms with E-state index in [9.17, 15) is 59.7 Å². The van der Waals surface area contributed by atoms with Crippen molar-refractivity contribution in [1.29, 1.82) is 0 Å². The smallest absolute Gasteiger partial charge is 0.318 e. The van der Waals surface area contributed by atoms with Crippen LogP contribution in [-0.2, 0) is 38.2 Å². The fourth-order valence-electron chi connectivity index (χ4n) is 11.1. The van der Waals surface area contributed by atoms with Crippen LogP contribution in [-0.4, -0.2) is 121 Å². The third kappa shape index (κ3) is 6.29. The number of aldehydes is 1. The molecule has 1 saturated heterocycles. The molecule has 0 bridgehead atoms. The fourth-order valence-corrected chi connectivity index (χ4v) is 11.1. The number of aliphatic hydroxyl groups excluding tert-OH is 6. The molecule has 0 amide bonds. The SMILES string of the molecule is CC(=O)O[C@@H]1CC[C@@]2(C)[C@@H](CC=C3[C@@H]2C[C@H](O)[C@@]2(C)[C@H]([C@H](CC(=O)C=C(C)C)C(=O)O)[C@@H](O)C[C@]32C=O)[C@]1(C)C(=O)O[C@H]1O[C@@H](CO)[C@H](O)[C@@H](O)[C@@H]1O. The van der Waals surface area contributed by atoms with Crippen LogP contribution in [0.1, 0.15) is 80.1 Å². The van der Waals surface area contributed by atoms with E-state index in [1.807, 2.05) is 6.92 Å². The quantitative estimate of drug-likeness (QED) is 0.0698. The third-order valence-electron chi connectivity index (χ3n) is 13.8. The van der Waals surface area contributed by atoms with Crippen molar-refractivity contribution >= 4 is 30.0 Å². The minimum absolute atomic E-state index is 0.0263. The highest BCUT2D eigenvalue weighted by Gasteiger charge is 2.74. The Hall–Kier alpha value is -3.05. The summed E-state index contributed by atoms with van der Waals surface area (Å²) >= 11 is 0. The molecule has 1 heterocycles. The molecule has 3 saturated carbocycles. The van der Waals surface area contributed by atoms with Crippen LogP contribution in [0.3, 0.4) is 0 Å². The normalized spacial score (nSPS) is 45.3. The summed E-state index contributed by atoms with van der Waals surface area (Å²) in [6.45, 7) is 8.92. The summed E-state index contributed by atoms with van der Waals surface area (Å²) in [5, 5.41) is 75.1. The van der Waals surface area contributed by atoms with E-state index in [4.69, 9.17) is 14.2 Å². The number of ether oxygens (including phenoxy) is 3. The Morgan fingerprint density at radius 1 is 1.00 bits per heavy atom. The van der Waals surface area contributed by atoms with Gasteiger partial charge in [0.05, 0.1) is 30.1 Å². The van der Waals surface area contributed by atoms with Crippen molar-refractivity contribution in [3.05, 3.63) is 23.3 Å². The number of fused-ring (bicyclic) bond motifs is 5. The number of esters is 2. The highest BCUT2D eigenvalue weighted by Crippen LogP contribution is 2.73. The van der Waals surface area contributed by atoms with E-state index in [1.165, 1.54) is 13.0 Å². The minimum Gasteiger partial charge on any atom is -0.481 e. The summed E-state index contributed by atoms with van der Waals surface area (Å²) in [6, 6.07) is 0. The molecule has 4 aliphatic carbocycles. The lowest BCUT2D eigenvalue weighted by atomic mass is 9.40. The summed E-state index contributed by atoms with van der Waals surface area (Å²) in [6.07, 6.45) is -8.40. The Kier molecular flexibility index (Phi) is 11.3. The van der Waals surface area contributed by atoms with Crippen LogP contribution >= 0.6 is 0 Å². The predicted molar refractivity (Wildman–Crippen MR) is 182 cm³/mol. The van der Waals surface area contributed by atoms with E-state index < -0.39 is 131 Å². The van der Waals surface area contributed by atoms with Crippen LogP contribution < -0.4 is 0 Å². The molecule has 15 heteroatoms. The average molecular weight is 751 g/mol. The van der Waals surface area contributed by atoms with Gasteiger partial charge in [0.25, 0.3) is 0 Å². The van der Waals surface area contributed by atoms with Crippen LogP contribution in [0, 0.1) is 45.3 Å². The van der Waals surface area contributed by atoms with Crippen LogP contribution in [0.2, 0.25) is 0 Å². The largest absolute Gasteiger partial charge is 0.481 e. The number of hydrogen-bond acceptors (Lipinski definition) is 14. The topological polar surface area (TPSA) is 255 Å². The number of carboxylic acids is 1. The first kappa shape index (κ1) is 41.1. The molecule has 1 aliphatic heterocycles. The Balaban J connectivity index is 1.57. The number of carbonyl (C=O) groups excluding carboxylic acids is 4. The van der Waals surface area contributed by atoms with Crippen molar-refractivity contribution in [2.75, 3.05) is 6.61 Å². The van der Waals surface area contributed by atoms with Crippen molar-refractivity contribution in [2.45, 2.75) is 129 Å². The van der Waals surface area contributed by atoms with Gasteiger partial charge in [0, 0.05) is 24.7 Å². The lowest BCUT2D eigenvalue weighted by Crippen LogP contribution is -2.65. The zero-order valence-corrected chi connectivity index (χ0v) is 31.0. The number of rotatable bonds is 10. The molecule has 5 rings (SSSR count). The van der Waals surface area contributed by atoms with E-state index in [1.54, 1.807) is 33.8 Å². The maximum Gasteiger partial charge on any atom is 0.318 e. The van der Waals surface area contributed by atoms with Gasteiger partial charge in [0.15, 0.2) is 5.78 Å². The monoisotopic (exact) mass is 750 g/mol. The van der Waals surface area contributed by atoms with E-state index in [0.717, 1.165) is 0 Å². The second-order valence-electron chi connectivity index (χ2n) is 16.8. The molecule has 16 atom stereocenters. The van der Waals surface area contributed by atoms with E-state index >= 15 is 0 Å². The van der Waals surface area contributed by atoms with Crippen molar-refractivity contribution in [1.82, 2.24) is 0 Å². The van der Waals surface area contributed by atoms with Crippen LogP contribution in [0.4, 0.5) is 0 Å². The number of hydrogen-bond donors (Lipinski definition) is 7. The number of carboxylic acid groups (broad SMARTS) is 1. The lowest BCUT2D eigenvalue weighted by Gasteiger charge is -2.64. The van der Waals surface area contributed by atoms with E-state index in [-0.39, 0.29) is 25.7 Å². The van der Waals surface area contributed by atoms with Crippen molar-refractivity contribution in [3.8, 4) is 0 Å². The van der Waals surface area contributed by atoms with Crippen LogP contribution in [0.25, 0.3) is 0 Å². The Bertz CT molecular complexity index is 1550. The van der Waals surface area contributed by atoms with Gasteiger partial charge in [-0.3, -0.25) is 19.2 Å². The maximum absolute atomic E-state index is 14.4. The predicted octanol–water partition coefficient (Wildman–Crippen LogP) is 0.593. The van der Waals surface area contributed by atoms with Gasteiger partial charge in [-0.2, -0.15) is 0 Å². The molecule has 0 radical (unpaired) electrons. The second kappa shape index (κ2) is 14.5. The second-order valence-corrected chi connectivity index (χ2v) is 16.8. The molecule has 5 aliphatic rings. The number of ketones is 1. The number of aliphatic hydroxyl groups is 6. The average Bonchev–Trinajstić information content (AvgIpc) is 3.32. The number of allylic oxidation sites excluding steroid dienone is 4. The van der Waals surface area contributed by atoms with Gasteiger partial charge in [-0.25, -0.2) is 0 Å². The summed E-state index contributed by atoms with van der Waals surface area (Å²) < 4.78 is 16.9. The van der Waals surface area contributed by atoms with E-state index in [0.29, 0.717) is 23.9 Å². The highest BCUT2D eigenvalue weighted by atomic mass is 16.7. The molecule has 7 N–H and O–H groups in total. The number of aliphatic carboxylic acids is 1. The summed E-state index contributed by atoms with van der Waals surface area (Å²) in [7, 11) is 0. The first-order valence-electron chi connectivity index (χ1n) is 18.3. The summed E-state index contributed by atoms with van der Waals surface area (Å²) in [4.78, 5) is 65.9. The van der Waals surface area contributed by atoms with Gasteiger partial charge in [0.2, 0.25) is 6.29 Å². The van der Waals surface area contributed by atoms with Crippen molar-refractivity contribution < 1.29 is 73.9 Å². The van der Waals surface area contributed by atoms with Gasteiger partial charge in [-0.1, -0.05) is 31.1 Å². The summed E-state index contributed by atoms with van der Waals surface area (Å²) in [5.74, 6) is -7.21. The number of carbonyl (C=O) groups is 5. The molecule has 0 unspecified atom stereocenters. The van der Waals surface area contributed by atoms with Crippen LogP contribution in [0.15, 0.2) is 23.3 Å². The van der Waals surface area contributed by atoms with Gasteiger partial charge >= 0.3 is 17.9 Å². The van der Waals surface area contributed by atoms with Gasteiger partial charge in [-0.05, 0) is 76.2 Å². The zero-order valence-electron chi connectivity index (χ0n) is 31.0. The fraction of sp³-hybridized carbons (Fsp3) is 0.763. The van der Waals surface area contributed by atoms with E-state index in [2.05, 4.69) is 0 Å². The molecule has 0 aromatic carbocycles. The van der Waals surface area contributed by atoms with Gasteiger partial charge in [-0.15, -0.1) is 0 Å². The Labute approximate surface area is 308 Å². The molecular weight excluding hydrogens is 696 g/mol. The molecule has 4 fully saturated rings. The van der Waals surface area contributed by atoms with Gasteiger partial charge in [0.1, 0.15) is 42.2 Å². The minimum atomic E-state index is -1.88. The Morgan fingerprint density at radius 2 is 1.66 bits per heavy atom. The third-order valence-corrected chi connectivity index (χ3v) is 13.8.